The van der Waals surface area contributed by atoms with Crippen molar-refractivity contribution in [2.24, 2.45) is 0 Å². The topological polar surface area (TPSA) is 99.5 Å². The van der Waals surface area contributed by atoms with E-state index in [9.17, 15) is 19.8 Å². The molecule has 0 aliphatic carbocycles. The van der Waals surface area contributed by atoms with E-state index in [0.717, 1.165) is 102 Å². The Morgan fingerprint density at radius 1 is 0.500 bits per heavy atom. The van der Waals surface area contributed by atoms with Gasteiger partial charge in [0.05, 0.1) is 13.2 Å². The van der Waals surface area contributed by atoms with Gasteiger partial charge in [-0.05, 0) is 102 Å². The van der Waals surface area contributed by atoms with Crippen molar-refractivity contribution in [1.29, 1.82) is 0 Å². The molecule has 0 bridgehead atoms. The third kappa shape index (κ3) is 17.4. The predicted molar refractivity (Wildman–Crippen MR) is 194 cm³/mol. The Morgan fingerprint density at radius 3 is 1.10 bits per heavy atom. The molecule has 2 saturated heterocycles. The fourth-order valence-electron chi connectivity index (χ4n) is 7.42. The van der Waals surface area contributed by atoms with Crippen LogP contribution in [0.15, 0.2) is 24.3 Å². The molecule has 2 N–H and O–H groups in total. The van der Waals surface area contributed by atoms with E-state index >= 15 is 0 Å². The van der Waals surface area contributed by atoms with Gasteiger partial charge in [-0.2, -0.15) is 0 Å². The zero-order valence-corrected chi connectivity index (χ0v) is 30.1. The van der Waals surface area contributed by atoms with Gasteiger partial charge in [-0.3, -0.25) is 19.4 Å². The van der Waals surface area contributed by atoms with Crippen LogP contribution in [0.4, 0.5) is 0 Å². The number of carboxylic acid groups (broad SMARTS) is 2. The van der Waals surface area contributed by atoms with Crippen LogP contribution in [0.2, 0.25) is 0 Å². The molecule has 8 heteroatoms. The van der Waals surface area contributed by atoms with Gasteiger partial charge >= 0.3 is 11.9 Å². The molecular formula is C40H68N2O6. The van der Waals surface area contributed by atoms with Crippen molar-refractivity contribution < 1.29 is 29.3 Å². The summed E-state index contributed by atoms with van der Waals surface area (Å²) in [6.07, 6.45) is 28.6. The molecule has 2 atom stereocenters. The van der Waals surface area contributed by atoms with Gasteiger partial charge in [0.1, 0.15) is 23.6 Å². The Bertz CT molecular complexity index is 896. The summed E-state index contributed by atoms with van der Waals surface area (Å²) >= 11 is 0. The Morgan fingerprint density at radius 2 is 0.792 bits per heavy atom. The number of carboxylic acids is 2. The van der Waals surface area contributed by atoms with Crippen LogP contribution >= 0.6 is 0 Å². The molecule has 0 amide bonds. The standard InChI is InChI=1S/C40H68N2O6/c43-39(44)37-23-21-31-41(37)29-17-13-9-5-1-3-7-11-15-19-33-47-35-25-27-36(28-26-35)48-34-20-16-12-8-4-2-6-10-14-18-30-42-32-22-24-38(42)40(45)46/h25-28,37-38H,1-24,29-34H2,(H,43,44)(H,45,46)/t37-,38-/m0/s1. The second-order valence-electron chi connectivity index (χ2n) is 14.3. The number of hydrogen-bond donors (Lipinski definition) is 2. The van der Waals surface area contributed by atoms with E-state index in [1.807, 2.05) is 24.3 Å². The molecule has 0 saturated carbocycles. The van der Waals surface area contributed by atoms with E-state index in [0.29, 0.717) is 0 Å². The molecular weight excluding hydrogens is 604 g/mol. The Kier molecular flexibility index (Phi) is 21.4. The maximum atomic E-state index is 11.3. The summed E-state index contributed by atoms with van der Waals surface area (Å²) in [5.41, 5.74) is 0. The molecule has 48 heavy (non-hydrogen) atoms. The molecule has 2 aliphatic heterocycles. The number of rotatable bonds is 30. The van der Waals surface area contributed by atoms with Crippen LogP contribution in [0.3, 0.4) is 0 Å². The molecule has 0 radical (unpaired) electrons. The Labute approximate surface area is 291 Å². The number of benzene rings is 1. The van der Waals surface area contributed by atoms with Gasteiger partial charge in [0.25, 0.3) is 0 Å². The molecule has 0 unspecified atom stereocenters. The third-order valence-corrected chi connectivity index (χ3v) is 10.3. The fraction of sp³-hybridized carbons (Fsp3) is 0.800. The Hall–Kier alpha value is -2.32. The molecule has 2 aliphatic rings. The number of likely N-dealkylation sites (tertiary alicyclic amines) is 2. The third-order valence-electron chi connectivity index (χ3n) is 10.3. The lowest BCUT2D eigenvalue weighted by Crippen LogP contribution is -2.36. The zero-order chi connectivity index (χ0) is 34.1. The number of unbranched alkanes of at least 4 members (excludes halogenated alkanes) is 18. The summed E-state index contributed by atoms with van der Waals surface area (Å²) in [5.74, 6) is 0.547. The monoisotopic (exact) mass is 673 g/mol. The zero-order valence-electron chi connectivity index (χ0n) is 30.1. The minimum atomic E-state index is -0.647. The van der Waals surface area contributed by atoms with E-state index in [1.54, 1.807) is 0 Å². The summed E-state index contributed by atoms with van der Waals surface area (Å²) in [6.45, 7) is 5.34. The normalized spacial score (nSPS) is 18.4. The average molecular weight is 673 g/mol. The molecule has 1 aromatic carbocycles. The molecule has 0 spiro atoms. The lowest BCUT2D eigenvalue weighted by atomic mass is 10.1. The summed E-state index contributed by atoms with van der Waals surface area (Å²) in [7, 11) is 0. The summed E-state index contributed by atoms with van der Waals surface area (Å²) in [5, 5.41) is 18.5. The number of hydrogen-bond acceptors (Lipinski definition) is 6. The lowest BCUT2D eigenvalue weighted by Gasteiger charge is -2.20. The number of carbonyl (C=O) groups is 2. The lowest BCUT2D eigenvalue weighted by molar-refractivity contribution is -0.143. The number of ether oxygens (including phenoxy) is 2. The van der Waals surface area contributed by atoms with Gasteiger partial charge in [0, 0.05) is 0 Å². The smallest absolute Gasteiger partial charge is 0.320 e. The van der Waals surface area contributed by atoms with Gasteiger partial charge in [0.15, 0.2) is 0 Å². The maximum Gasteiger partial charge on any atom is 0.320 e. The Balaban J connectivity index is 1.02. The van der Waals surface area contributed by atoms with Crippen molar-refractivity contribution in [2.75, 3.05) is 39.4 Å². The van der Waals surface area contributed by atoms with Crippen molar-refractivity contribution in [3.05, 3.63) is 24.3 Å². The highest BCUT2D eigenvalue weighted by Crippen LogP contribution is 2.21. The minimum absolute atomic E-state index is 0.236. The SMILES string of the molecule is O=C(O)[C@@H]1CCCN1CCCCCCCCCCCCOc1ccc(OCCCCCCCCCCCCN2CCC[C@H]2C(=O)O)cc1. The van der Waals surface area contributed by atoms with Gasteiger partial charge in [-0.15, -0.1) is 0 Å². The van der Waals surface area contributed by atoms with Crippen molar-refractivity contribution in [3.63, 3.8) is 0 Å². The van der Waals surface area contributed by atoms with E-state index < -0.39 is 11.9 Å². The van der Waals surface area contributed by atoms with Crippen molar-refractivity contribution in [3.8, 4) is 11.5 Å². The largest absolute Gasteiger partial charge is 0.494 e. The van der Waals surface area contributed by atoms with E-state index in [-0.39, 0.29) is 12.1 Å². The highest BCUT2D eigenvalue weighted by atomic mass is 16.5. The summed E-state index contributed by atoms with van der Waals surface area (Å²) < 4.78 is 11.9. The predicted octanol–water partition coefficient (Wildman–Crippen LogP) is 9.34. The fourth-order valence-corrected chi connectivity index (χ4v) is 7.42. The first-order valence-electron chi connectivity index (χ1n) is 19.8. The van der Waals surface area contributed by atoms with Crippen LogP contribution in [-0.4, -0.2) is 83.4 Å². The molecule has 2 fully saturated rings. The number of aliphatic carboxylic acids is 2. The average Bonchev–Trinajstić information content (AvgIpc) is 3.76. The van der Waals surface area contributed by atoms with E-state index in [1.165, 1.54) is 103 Å². The highest BCUT2D eigenvalue weighted by molar-refractivity contribution is 5.74. The van der Waals surface area contributed by atoms with Gasteiger partial charge < -0.3 is 19.7 Å². The molecule has 274 valence electrons. The molecule has 1 aromatic rings. The number of nitrogens with zero attached hydrogens (tertiary/aromatic N) is 2. The van der Waals surface area contributed by atoms with Crippen molar-refractivity contribution in [1.82, 2.24) is 9.80 Å². The highest BCUT2D eigenvalue weighted by Gasteiger charge is 2.30. The van der Waals surface area contributed by atoms with Gasteiger partial charge in [0.2, 0.25) is 0 Å². The van der Waals surface area contributed by atoms with Gasteiger partial charge in [-0.1, -0.05) is 103 Å². The second-order valence-corrected chi connectivity index (χ2v) is 14.3. The van der Waals surface area contributed by atoms with Crippen LogP contribution < -0.4 is 9.47 Å². The van der Waals surface area contributed by atoms with Crippen molar-refractivity contribution in [2.45, 2.75) is 166 Å². The van der Waals surface area contributed by atoms with Crippen molar-refractivity contribution >= 4 is 11.9 Å². The quantitative estimate of drug-likeness (QED) is 0.0780. The molecule has 8 nitrogen and oxygen atoms in total. The van der Waals surface area contributed by atoms with E-state index in [4.69, 9.17) is 9.47 Å². The van der Waals surface area contributed by atoms with Crippen LogP contribution in [0, 0.1) is 0 Å². The molecule has 3 rings (SSSR count). The maximum absolute atomic E-state index is 11.3. The molecule has 2 heterocycles. The second kappa shape index (κ2) is 25.6. The van der Waals surface area contributed by atoms with Crippen LogP contribution in [0.1, 0.15) is 154 Å². The molecule has 0 aromatic heterocycles. The van der Waals surface area contributed by atoms with Crippen LogP contribution in [-0.2, 0) is 9.59 Å². The van der Waals surface area contributed by atoms with Crippen LogP contribution in [0.5, 0.6) is 11.5 Å². The van der Waals surface area contributed by atoms with E-state index in [2.05, 4.69) is 9.80 Å². The van der Waals surface area contributed by atoms with Gasteiger partial charge in [-0.25, -0.2) is 0 Å². The first-order valence-corrected chi connectivity index (χ1v) is 19.8. The minimum Gasteiger partial charge on any atom is -0.494 e. The van der Waals surface area contributed by atoms with Crippen LogP contribution in [0.25, 0.3) is 0 Å². The summed E-state index contributed by atoms with van der Waals surface area (Å²) in [6, 6.07) is 7.60. The first-order chi connectivity index (χ1) is 23.5. The first kappa shape index (κ1) is 40.1. The summed E-state index contributed by atoms with van der Waals surface area (Å²) in [4.78, 5) is 26.8.